The van der Waals surface area contributed by atoms with Gasteiger partial charge in [-0.3, -0.25) is 4.79 Å². The summed E-state index contributed by atoms with van der Waals surface area (Å²) in [6.07, 6.45) is -4.12. The number of amides is 1. The van der Waals surface area contributed by atoms with Crippen LogP contribution >= 0.6 is 12.4 Å². The molecule has 126 valence electrons. The van der Waals surface area contributed by atoms with Crippen molar-refractivity contribution < 1.29 is 22.4 Å². The Balaban J connectivity index is 0.00000441. The van der Waals surface area contributed by atoms with E-state index in [-0.39, 0.29) is 36.5 Å². The maximum Gasteiger partial charge on any atom is 0.416 e. The molecule has 1 unspecified atom stereocenters. The van der Waals surface area contributed by atoms with Crippen LogP contribution in [0.2, 0.25) is 0 Å². The van der Waals surface area contributed by atoms with Gasteiger partial charge >= 0.3 is 6.18 Å². The number of nitrogens with one attached hydrogen (secondary N) is 1. The first-order chi connectivity index (χ1) is 9.63. The van der Waals surface area contributed by atoms with Crippen LogP contribution in [0.3, 0.4) is 0 Å². The lowest BCUT2D eigenvalue weighted by atomic mass is 10.0. The lowest BCUT2D eigenvalue weighted by Gasteiger charge is -2.19. The molecule has 0 saturated heterocycles. The highest BCUT2D eigenvalue weighted by Crippen LogP contribution is 2.30. The molecule has 0 bridgehead atoms. The number of hydrogen-bond donors (Lipinski definition) is 2. The lowest BCUT2D eigenvalue weighted by molar-refractivity contribution is -0.137. The third-order valence-corrected chi connectivity index (χ3v) is 2.86. The second kappa shape index (κ2) is 8.33. The van der Waals surface area contributed by atoms with Crippen LogP contribution in [-0.4, -0.2) is 18.5 Å². The van der Waals surface area contributed by atoms with Gasteiger partial charge in [0.05, 0.1) is 5.56 Å². The SMILES string of the molecule is CC(C)CC(CN)NC(=O)c1cc(F)cc(C(F)(F)F)c1.Cl. The first-order valence-corrected chi connectivity index (χ1v) is 6.52. The Morgan fingerprint density at radius 3 is 2.32 bits per heavy atom. The van der Waals surface area contributed by atoms with Crippen molar-refractivity contribution in [1.29, 1.82) is 0 Å². The first kappa shape index (κ1) is 20.7. The van der Waals surface area contributed by atoms with E-state index in [1.165, 1.54) is 0 Å². The van der Waals surface area contributed by atoms with Gasteiger partial charge in [0.1, 0.15) is 5.82 Å². The summed E-state index contributed by atoms with van der Waals surface area (Å²) in [5, 5.41) is 2.52. The molecule has 3 N–H and O–H groups in total. The van der Waals surface area contributed by atoms with E-state index in [2.05, 4.69) is 5.32 Å². The standard InChI is InChI=1S/C14H18F4N2O.ClH/c1-8(2)3-12(7-19)20-13(21)9-4-10(14(16,17)18)6-11(15)5-9;/h4-6,8,12H,3,7,19H2,1-2H3,(H,20,21);1H. The highest BCUT2D eigenvalue weighted by molar-refractivity contribution is 5.94. The van der Waals surface area contributed by atoms with Gasteiger partial charge < -0.3 is 11.1 Å². The third-order valence-electron chi connectivity index (χ3n) is 2.86. The van der Waals surface area contributed by atoms with Gasteiger partial charge in [-0.25, -0.2) is 4.39 Å². The normalized spacial score (nSPS) is 12.7. The van der Waals surface area contributed by atoms with Crippen LogP contribution in [0.15, 0.2) is 18.2 Å². The molecule has 0 aromatic heterocycles. The quantitative estimate of drug-likeness (QED) is 0.806. The molecular formula is C14H19ClF4N2O. The van der Waals surface area contributed by atoms with Crippen LogP contribution in [-0.2, 0) is 6.18 Å². The Hall–Kier alpha value is -1.34. The van der Waals surface area contributed by atoms with E-state index in [1.54, 1.807) is 0 Å². The Kier molecular flexibility index (Phi) is 7.83. The molecule has 1 aromatic carbocycles. The second-order valence-corrected chi connectivity index (χ2v) is 5.26. The maximum absolute atomic E-state index is 13.2. The van der Waals surface area contributed by atoms with Crippen molar-refractivity contribution in [1.82, 2.24) is 5.32 Å². The summed E-state index contributed by atoms with van der Waals surface area (Å²) in [4.78, 5) is 11.9. The summed E-state index contributed by atoms with van der Waals surface area (Å²) in [6, 6.07) is 1.38. The summed E-state index contributed by atoms with van der Waals surface area (Å²) < 4.78 is 51.0. The van der Waals surface area contributed by atoms with Crippen molar-refractivity contribution in [3.8, 4) is 0 Å². The van der Waals surface area contributed by atoms with E-state index in [9.17, 15) is 22.4 Å². The molecular weight excluding hydrogens is 324 g/mol. The number of nitrogens with two attached hydrogens (primary N) is 1. The first-order valence-electron chi connectivity index (χ1n) is 6.52. The van der Waals surface area contributed by atoms with Gasteiger partial charge in [-0.1, -0.05) is 13.8 Å². The van der Waals surface area contributed by atoms with Gasteiger partial charge in [-0.2, -0.15) is 13.2 Å². The van der Waals surface area contributed by atoms with Crippen LogP contribution < -0.4 is 11.1 Å². The zero-order chi connectivity index (χ0) is 16.2. The summed E-state index contributed by atoms with van der Waals surface area (Å²) in [7, 11) is 0. The Morgan fingerprint density at radius 2 is 1.86 bits per heavy atom. The van der Waals surface area contributed by atoms with Crippen LogP contribution in [0.5, 0.6) is 0 Å². The summed E-state index contributed by atoms with van der Waals surface area (Å²) >= 11 is 0. The molecule has 0 fully saturated rings. The number of carbonyl (C=O) groups excluding carboxylic acids is 1. The van der Waals surface area contributed by atoms with Crippen molar-refractivity contribution in [2.45, 2.75) is 32.5 Å². The van der Waals surface area contributed by atoms with E-state index >= 15 is 0 Å². The van der Waals surface area contributed by atoms with Crippen molar-refractivity contribution in [3.63, 3.8) is 0 Å². The average Bonchev–Trinajstić information content (AvgIpc) is 2.35. The van der Waals surface area contributed by atoms with E-state index < -0.39 is 23.5 Å². The zero-order valence-corrected chi connectivity index (χ0v) is 13.0. The fourth-order valence-electron chi connectivity index (χ4n) is 1.94. The minimum Gasteiger partial charge on any atom is -0.348 e. The molecule has 1 atom stereocenters. The molecule has 22 heavy (non-hydrogen) atoms. The maximum atomic E-state index is 13.2. The fourth-order valence-corrected chi connectivity index (χ4v) is 1.94. The number of alkyl halides is 3. The van der Waals surface area contributed by atoms with E-state index in [1.807, 2.05) is 13.8 Å². The van der Waals surface area contributed by atoms with Gasteiger partial charge in [0.15, 0.2) is 0 Å². The summed E-state index contributed by atoms with van der Waals surface area (Å²) in [6.45, 7) is 4.02. The molecule has 0 saturated carbocycles. The number of carbonyl (C=O) groups is 1. The lowest BCUT2D eigenvalue weighted by Crippen LogP contribution is -2.41. The Labute approximate surface area is 132 Å². The predicted octanol–water partition coefficient (Wildman–Crippen LogP) is 3.37. The molecule has 0 spiro atoms. The highest BCUT2D eigenvalue weighted by atomic mass is 35.5. The average molecular weight is 343 g/mol. The molecule has 0 aliphatic heterocycles. The van der Waals surface area contributed by atoms with E-state index in [4.69, 9.17) is 5.73 Å². The fraction of sp³-hybridized carbons (Fsp3) is 0.500. The van der Waals surface area contributed by atoms with Crippen molar-refractivity contribution in [2.24, 2.45) is 11.7 Å². The summed E-state index contributed by atoms with van der Waals surface area (Å²) in [5.41, 5.74) is 3.94. The number of rotatable bonds is 5. The van der Waals surface area contributed by atoms with Crippen molar-refractivity contribution in [2.75, 3.05) is 6.54 Å². The van der Waals surface area contributed by atoms with Crippen LogP contribution in [0.1, 0.15) is 36.2 Å². The molecule has 0 aliphatic carbocycles. The highest BCUT2D eigenvalue weighted by Gasteiger charge is 2.32. The smallest absolute Gasteiger partial charge is 0.348 e. The molecule has 0 heterocycles. The van der Waals surface area contributed by atoms with Gasteiger partial charge in [0.25, 0.3) is 5.91 Å². The van der Waals surface area contributed by atoms with Crippen molar-refractivity contribution in [3.05, 3.63) is 35.1 Å². The number of halogens is 5. The predicted molar refractivity (Wildman–Crippen MR) is 78.4 cm³/mol. The molecule has 1 aromatic rings. The third kappa shape index (κ3) is 6.19. The van der Waals surface area contributed by atoms with Gasteiger partial charge in [0, 0.05) is 18.2 Å². The van der Waals surface area contributed by atoms with Gasteiger partial charge in [0.2, 0.25) is 0 Å². The Bertz CT molecular complexity index is 506. The zero-order valence-electron chi connectivity index (χ0n) is 12.2. The molecule has 8 heteroatoms. The molecule has 3 nitrogen and oxygen atoms in total. The van der Waals surface area contributed by atoms with Gasteiger partial charge in [-0.05, 0) is 30.5 Å². The topological polar surface area (TPSA) is 55.1 Å². The largest absolute Gasteiger partial charge is 0.416 e. The number of hydrogen-bond acceptors (Lipinski definition) is 2. The Morgan fingerprint density at radius 1 is 1.27 bits per heavy atom. The van der Waals surface area contributed by atoms with Crippen molar-refractivity contribution >= 4 is 18.3 Å². The minimum absolute atomic E-state index is 0. The van der Waals surface area contributed by atoms with Crippen LogP contribution in [0.25, 0.3) is 0 Å². The number of benzene rings is 1. The van der Waals surface area contributed by atoms with Crippen LogP contribution in [0.4, 0.5) is 17.6 Å². The molecule has 1 rings (SSSR count). The monoisotopic (exact) mass is 342 g/mol. The van der Waals surface area contributed by atoms with E-state index in [0.717, 1.165) is 6.07 Å². The van der Waals surface area contributed by atoms with E-state index in [0.29, 0.717) is 18.6 Å². The molecule has 1 amide bonds. The molecule has 0 aliphatic rings. The second-order valence-electron chi connectivity index (χ2n) is 5.26. The summed E-state index contributed by atoms with van der Waals surface area (Å²) in [5.74, 6) is -1.61. The van der Waals surface area contributed by atoms with Crippen LogP contribution in [0, 0.1) is 11.7 Å². The molecule has 0 radical (unpaired) electrons. The van der Waals surface area contributed by atoms with Gasteiger partial charge in [-0.15, -0.1) is 12.4 Å². The minimum atomic E-state index is -4.71.